The van der Waals surface area contributed by atoms with Gasteiger partial charge in [0, 0.05) is 12.1 Å². The van der Waals surface area contributed by atoms with Gasteiger partial charge in [0.05, 0.1) is 18.2 Å². The first-order valence-corrected chi connectivity index (χ1v) is 6.92. The molecule has 100 valence electrons. The van der Waals surface area contributed by atoms with E-state index in [9.17, 15) is 5.11 Å². The Balaban J connectivity index is 1.78. The van der Waals surface area contributed by atoms with Crippen molar-refractivity contribution in [2.45, 2.75) is 25.9 Å². The predicted molar refractivity (Wildman–Crippen MR) is 73.2 cm³/mol. The summed E-state index contributed by atoms with van der Waals surface area (Å²) in [5, 5.41) is 9.80. The van der Waals surface area contributed by atoms with Crippen LogP contribution in [0.3, 0.4) is 0 Å². The van der Waals surface area contributed by atoms with E-state index < -0.39 is 0 Å². The number of ether oxygens (including phenoxy) is 1. The molecule has 1 aliphatic heterocycles. The van der Waals surface area contributed by atoms with Gasteiger partial charge in [-0.1, -0.05) is 23.7 Å². The zero-order valence-corrected chi connectivity index (χ0v) is 11.3. The van der Waals surface area contributed by atoms with E-state index in [1.165, 1.54) is 25.9 Å². The van der Waals surface area contributed by atoms with Crippen molar-refractivity contribution in [3.05, 3.63) is 28.8 Å². The van der Waals surface area contributed by atoms with Crippen molar-refractivity contribution in [1.82, 2.24) is 4.90 Å². The lowest BCUT2D eigenvalue weighted by molar-refractivity contribution is 0.246. The maximum Gasteiger partial charge on any atom is 0.143 e. The number of nitrogens with zero attached hydrogens (tertiary/aromatic N) is 1. The minimum Gasteiger partial charge on any atom is -0.492 e. The van der Waals surface area contributed by atoms with E-state index in [1.54, 1.807) is 6.07 Å². The molecule has 1 aromatic rings. The fraction of sp³-hybridized carbons (Fsp3) is 0.571. The maximum atomic E-state index is 9.23. The summed E-state index contributed by atoms with van der Waals surface area (Å²) in [6.07, 6.45) is 3.64. The van der Waals surface area contributed by atoms with Crippen LogP contribution in [-0.4, -0.2) is 36.2 Å². The SMILES string of the molecule is OCc1cccc(Cl)c1OCCCN1CCCC1. The summed E-state index contributed by atoms with van der Waals surface area (Å²) in [6, 6.07) is 5.45. The highest BCUT2D eigenvalue weighted by Gasteiger charge is 2.11. The number of halogens is 1. The fourth-order valence-electron chi connectivity index (χ4n) is 2.31. The van der Waals surface area contributed by atoms with Crippen molar-refractivity contribution in [3.63, 3.8) is 0 Å². The zero-order chi connectivity index (χ0) is 12.8. The Kier molecular flexibility index (Phi) is 5.29. The lowest BCUT2D eigenvalue weighted by Crippen LogP contribution is -2.22. The summed E-state index contributed by atoms with van der Waals surface area (Å²) < 4.78 is 5.70. The summed E-state index contributed by atoms with van der Waals surface area (Å²) in [5.41, 5.74) is 0.753. The summed E-state index contributed by atoms with van der Waals surface area (Å²) in [7, 11) is 0. The van der Waals surface area contributed by atoms with Gasteiger partial charge in [-0.3, -0.25) is 0 Å². The van der Waals surface area contributed by atoms with Gasteiger partial charge in [0.2, 0.25) is 0 Å². The third kappa shape index (κ3) is 3.61. The number of likely N-dealkylation sites (tertiary alicyclic amines) is 1. The van der Waals surface area contributed by atoms with Crippen molar-refractivity contribution in [2.75, 3.05) is 26.2 Å². The van der Waals surface area contributed by atoms with Crippen LogP contribution in [0.25, 0.3) is 0 Å². The van der Waals surface area contributed by atoms with Crippen molar-refractivity contribution < 1.29 is 9.84 Å². The van der Waals surface area contributed by atoms with Gasteiger partial charge in [0.15, 0.2) is 0 Å². The average Bonchev–Trinajstić information content (AvgIpc) is 2.89. The molecule has 0 bridgehead atoms. The van der Waals surface area contributed by atoms with Crippen LogP contribution in [0.4, 0.5) is 0 Å². The molecule has 0 saturated carbocycles. The van der Waals surface area contributed by atoms with Crippen LogP contribution >= 0.6 is 11.6 Å². The molecule has 4 heteroatoms. The topological polar surface area (TPSA) is 32.7 Å². The first-order chi connectivity index (χ1) is 8.81. The maximum absolute atomic E-state index is 9.23. The second kappa shape index (κ2) is 6.98. The first kappa shape index (κ1) is 13.7. The van der Waals surface area contributed by atoms with Gasteiger partial charge in [0.25, 0.3) is 0 Å². The van der Waals surface area contributed by atoms with Crippen molar-refractivity contribution in [2.24, 2.45) is 0 Å². The molecule has 0 aliphatic carbocycles. The summed E-state index contributed by atoms with van der Waals surface area (Å²) >= 11 is 6.07. The Hall–Kier alpha value is -0.770. The third-order valence-electron chi connectivity index (χ3n) is 3.28. The van der Waals surface area contributed by atoms with Crippen molar-refractivity contribution >= 4 is 11.6 Å². The van der Waals surface area contributed by atoms with E-state index in [4.69, 9.17) is 16.3 Å². The van der Waals surface area contributed by atoms with Gasteiger partial charge in [-0.05, 0) is 38.4 Å². The molecule has 18 heavy (non-hydrogen) atoms. The number of aliphatic hydroxyl groups excluding tert-OH is 1. The first-order valence-electron chi connectivity index (χ1n) is 6.54. The Morgan fingerprint density at radius 3 is 2.78 bits per heavy atom. The summed E-state index contributed by atoms with van der Waals surface area (Å²) in [6.45, 7) is 4.12. The molecule has 0 radical (unpaired) electrons. The van der Waals surface area contributed by atoms with Gasteiger partial charge < -0.3 is 14.7 Å². The molecule has 1 fully saturated rings. The zero-order valence-electron chi connectivity index (χ0n) is 10.6. The third-order valence-corrected chi connectivity index (χ3v) is 3.58. The van der Waals surface area contributed by atoms with Crippen LogP contribution < -0.4 is 4.74 Å². The average molecular weight is 270 g/mol. The van der Waals surface area contributed by atoms with Gasteiger partial charge in [0.1, 0.15) is 5.75 Å². The minimum atomic E-state index is -0.0397. The van der Waals surface area contributed by atoms with E-state index in [0.717, 1.165) is 18.5 Å². The van der Waals surface area contributed by atoms with E-state index in [-0.39, 0.29) is 6.61 Å². The highest BCUT2D eigenvalue weighted by atomic mass is 35.5. The van der Waals surface area contributed by atoms with Gasteiger partial charge >= 0.3 is 0 Å². The molecule has 2 rings (SSSR count). The molecule has 0 amide bonds. The molecule has 1 aliphatic rings. The summed E-state index contributed by atoms with van der Waals surface area (Å²) in [4.78, 5) is 2.46. The number of benzene rings is 1. The molecule has 1 saturated heterocycles. The Morgan fingerprint density at radius 1 is 1.28 bits per heavy atom. The van der Waals surface area contributed by atoms with E-state index >= 15 is 0 Å². The van der Waals surface area contributed by atoms with Crippen LogP contribution in [-0.2, 0) is 6.61 Å². The number of hydrogen-bond donors (Lipinski definition) is 1. The van der Waals surface area contributed by atoms with Crippen molar-refractivity contribution in [1.29, 1.82) is 0 Å². The fourth-order valence-corrected chi connectivity index (χ4v) is 2.56. The molecule has 3 nitrogen and oxygen atoms in total. The number of hydrogen-bond acceptors (Lipinski definition) is 3. The molecule has 1 heterocycles. The van der Waals surface area contributed by atoms with E-state index in [2.05, 4.69) is 4.90 Å². The second-order valence-electron chi connectivity index (χ2n) is 4.64. The predicted octanol–water partition coefficient (Wildman–Crippen LogP) is 2.70. The van der Waals surface area contributed by atoms with Crippen LogP contribution in [0.5, 0.6) is 5.75 Å². The summed E-state index contributed by atoms with van der Waals surface area (Å²) in [5.74, 6) is 0.628. The minimum absolute atomic E-state index is 0.0397. The normalized spacial score (nSPS) is 16.1. The van der Waals surface area contributed by atoms with Crippen molar-refractivity contribution in [3.8, 4) is 5.75 Å². The number of rotatable bonds is 6. The molecular formula is C14H20ClNO2. The molecule has 1 aromatic carbocycles. The number of para-hydroxylation sites is 1. The molecule has 0 aromatic heterocycles. The number of aliphatic hydroxyl groups is 1. The lowest BCUT2D eigenvalue weighted by Gasteiger charge is -2.15. The molecule has 0 spiro atoms. The van der Waals surface area contributed by atoms with Gasteiger partial charge in [-0.25, -0.2) is 0 Å². The van der Waals surface area contributed by atoms with E-state index in [1.807, 2.05) is 12.1 Å². The standard InChI is InChI=1S/C14H20ClNO2/c15-13-6-3-5-12(11-17)14(13)18-10-4-9-16-7-1-2-8-16/h3,5-6,17H,1-2,4,7-11H2. The Bertz CT molecular complexity index is 378. The van der Waals surface area contributed by atoms with Gasteiger partial charge in [-0.2, -0.15) is 0 Å². The van der Waals surface area contributed by atoms with E-state index in [0.29, 0.717) is 17.4 Å². The lowest BCUT2D eigenvalue weighted by atomic mass is 10.2. The molecule has 1 N–H and O–H groups in total. The highest BCUT2D eigenvalue weighted by Crippen LogP contribution is 2.28. The van der Waals surface area contributed by atoms with Crippen LogP contribution in [0.15, 0.2) is 18.2 Å². The Labute approximate surface area is 113 Å². The Morgan fingerprint density at radius 2 is 2.06 bits per heavy atom. The largest absolute Gasteiger partial charge is 0.492 e. The molecule has 0 unspecified atom stereocenters. The second-order valence-corrected chi connectivity index (χ2v) is 5.04. The molecule has 0 atom stereocenters. The van der Waals surface area contributed by atoms with Crippen LogP contribution in [0.2, 0.25) is 5.02 Å². The monoisotopic (exact) mass is 269 g/mol. The van der Waals surface area contributed by atoms with Gasteiger partial charge in [-0.15, -0.1) is 0 Å². The quantitative estimate of drug-likeness (QED) is 0.806. The smallest absolute Gasteiger partial charge is 0.143 e. The van der Waals surface area contributed by atoms with Crippen LogP contribution in [0.1, 0.15) is 24.8 Å². The molecular weight excluding hydrogens is 250 g/mol. The highest BCUT2D eigenvalue weighted by molar-refractivity contribution is 6.32. The van der Waals surface area contributed by atoms with Crippen LogP contribution in [0, 0.1) is 0 Å².